The maximum Gasteiger partial charge on any atom is 0.414 e. The van der Waals surface area contributed by atoms with Gasteiger partial charge in [-0.15, -0.1) is 11.8 Å². The Morgan fingerprint density at radius 2 is 2.22 bits per heavy atom. The monoisotopic (exact) mass is 513 g/mol. The molecule has 0 spiro atoms. The number of carbonyl (C=O) groups is 2. The molecule has 0 aliphatic carbocycles. The van der Waals surface area contributed by atoms with E-state index in [1.54, 1.807) is 18.2 Å². The number of hydrogen-bond donors (Lipinski definition) is 3. The number of cyclic esters (lactones) is 1. The zero-order chi connectivity index (χ0) is 25.2. The molecular formula is C24H24FN5O5S. The first-order chi connectivity index (χ1) is 17.4. The number of anilines is 2. The van der Waals surface area contributed by atoms with Gasteiger partial charge in [0.1, 0.15) is 17.4 Å². The minimum absolute atomic E-state index is 0.0864. The van der Waals surface area contributed by atoms with Crippen LogP contribution in [-0.2, 0) is 16.1 Å². The largest absolute Gasteiger partial charge is 0.481 e. The highest BCUT2D eigenvalue weighted by Crippen LogP contribution is 2.35. The van der Waals surface area contributed by atoms with Crippen LogP contribution in [0.1, 0.15) is 12.0 Å². The van der Waals surface area contributed by atoms with Gasteiger partial charge in [0.2, 0.25) is 11.8 Å². The zero-order valence-corrected chi connectivity index (χ0v) is 20.2. The van der Waals surface area contributed by atoms with E-state index in [9.17, 15) is 19.1 Å². The molecular weight excluding hydrogens is 489 g/mol. The first-order valence-corrected chi connectivity index (χ1v) is 12.3. The van der Waals surface area contributed by atoms with E-state index in [0.717, 1.165) is 11.1 Å². The van der Waals surface area contributed by atoms with Gasteiger partial charge in [0.05, 0.1) is 42.9 Å². The van der Waals surface area contributed by atoms with Gasteiger partial charge in [0.15, 0.2) is 0 Å². The van der Waals surface area contributed by atoms with Gasteiger partial charge in [-0.25, -0.2) is 14.2 Å². The highest BCUT2D eigenvalue weighted by atomic mass is 32.2. The van der Waals surface area contributed by atoms with E-state index in [0.29, 0.717) is 39.6 Å². The molecule has 36 heavy (non-hydrogen) atoms. The summed E-state index contributed by atoms with van der Waals surface area (Å²) in [7, 11) is 1.48. The summed E-state index contributed by atoms with van der Waals surface area (Å²) in [6, 6.07) is 8.77. The van der Waals surface area contributed by atoms with Crippen molar-refractivity contribution in [3.63, 3.8) is 0 Å². The quantitative estimate of drug-likeness (QED) is 0.417. The number of hydrogen-bond acceptors (Lipinski definition) is 9. The van der Waals surface area contributed by atoms with Crippen molar-refractivity contribution in [1.29, 1.82) is 0 Å². The summed E-state index contributed by atoms with van der Waals surface area (Å²) >= 11 is 1.44. The predicted molar refractivity (Wildman–Crippen MR) is 132 cm³/mol. The van der Waals surface area contributed by atoms with E-state index >= 15 is 0 Å². The molecule has 188 valence electrons. The number of thioether (sulfide) groups is 1. The minimum Gasteiger partial charge on any atom is -0.481 e. The van der Waals surface area contributed by atoms with Crippen LogP contribution in [0.4, 0.5) is 20.6 Å². The number of aliphatic hydroxyl groups is 1. The Morgan fingerprint density at radius 3 is 3.06 bits per heavy atom. The molecule has 1 saturated heterocycles. The fraction of sp³-hybridized carbons (Fsp3) is 0.333. The molecule has 0 unspecified atom stereocenters. The lowest BCUT2D eigenvalue weighted by molar-refractivity contribution is -0.113. The second kappa shape index (κ2) is 10.2. The number of nitrogens with one attached hydrogen (secondary N) is 2. The molecule has 5 rings (SSSR count). The van der Waals surface area contributed by atoms with Gasteiger partial charge in [-0.3, -0.25) is 14.7 Å². The van der Waals surface area contributed by atoms with Gasteiger partial charge < -0.3 is 25.2 Å². The van der Waals surface area contributed by atoms with Crippen molar-refractivity contribution in [3.05, 3.63) is 47.9 Å². The standard InChI is InChI=1S/C24H24FN5O5S/c1-34-22-5-3-18-23(29-22)16(17(25)10-27-18)9-26-8-14(31)7-15-11-30(24(33)35-15)13-2-4-20-19(6-13)28-21(32)12-36-20/h2-6,10,14-15,26,31H,7-9,11-12H2,1H3,(H,28,32)/t14-,15-/m0/s1. The van der Waals surface area contributed by atoms with Crippen LogP contribution in [0, 0.1) is 5.82 Å². The molecule has 0 saturated carbocycles. The van der Waals surface area contributed by atoms with Crippen LogP contribution >= 0.6 is 11.8 Å². The summed E-state index contributed by atoms with van der Waals surface area (Å²) in [6.45, 7) is 0.546. The molecule has 2 aliphatic heterocycles. The molecule has 3 N–H and O–H groups in total. The van der Waals surface area contributed by atoms with E-state index in [1.165, 1.54) is 23.8 Å². The molecule has 4 heterocycles. The second-order valence-corrected chi connectivity index (χ2v) is 9.48. The Kier molecular flexibility index (Phi) is 6.90. The average molecular weight is 514 g/mol. The maximum absolute atomic E-state index is 14.4. The van der Waals surface area contributed by atoms with Gasteiger partial charge >= 0.3 is 6.09 Å². The summed E-state index contributed by atoms with van der Waals surface area (Å²) in [5.41, 5.74) is 2.52. The van der Waals surface area contributed by atoms with Gasteiger partial charge in [-0.2, -0.15) is 0 Å². The van der Waals surface area contributed by atoms with Crippen LogP contribution in [0.5, 0.6) is 5.88 Å². The first kappa shape index (κ1) is 24.2. The van der Waals surface area contributed by atoms with E-state index in [2.05, 4.69) is 20.6 Å². The number of pyridine rings is 2. The Bertz CT molecular complexity index is 1330. The van der Waals surface area contributed by atoms with Crippen LogP contribution in [0.2, 0.25) is 0 Å². The molecule has 3 aromatic rings. The van der Waals surface area contributed by atoms with E-state index in [1.807, 2.05) is 12.1 Å². The number of amides is 2. The number of nitrogens with zero attached hydrogens (tertiary/aromatic N) is 3. The topological polar surface area (TPSA) is 126 Å². The van der Waals surface area contributed by atoms with Gasteiger partial charge in [-0.05, 0) is 24.3 Å². The number of rotatable bonds is 8. The number of halogens is 1. The molecule has 2 aromatic heterocycles. The Labute approximate surface area is 210 Å². The molecule has 10 nitrogen and oxygen atoms in total. The number of benzene rings is 1. The third-order valence-corrected chi connectivity index (χ3v) is 7.02. The number of fused-ring (bicyclic) bond motifs is 2. The zero-order valence-electron chi connectivity index (χ0n) is 19.4. The third-order valence-electron chi connectivity index (χ3n) is 5.95. The highest BCUT2D eigenvalue weighted by Gasteiger charge is 2.34. The SMILES string of the molecule is COc1ccc2ncc(F)c(CNC[C@@H](O)C[C@H]3CN(c4ccc5c(c4)NC(=O)CS5)C(=O)O3)c2n1. The fourth-order valence-corrected chi connectivity index (χ4v) is 4.99. The van der Waals surface area contributed by atoms with Crippen molar-refractivity contribution in [2.75, 3.05) is 36.2 Å². The summed E-state index contributed by atoms with van der Waals surface area (Å²) in [5, 5.41) is 16.4. The van der Waals surface area contributed by atoms with Crippen LogP contribution in [0.25, 0.3) is 11.0 Å². The molecule has 12 heteroatoms. The summed E-state index contributed by atoms with van der Waals surface area (Å²) in [6.07, 6.45) is -0.515. The van der Waals surface area contributed by atoms with E-state index < -0.39 is 24.1 Å². The lowest BCUT2D eigenvalue weighted by atomic mass is 10.1. The molecule has 1 aromatic carbocycles. The first-order valence-electron chi connectivity index (χ1n) is 11.3. The molecule has 0 bridgehead atoms. The van der Waals surface area contributed by atoms with E-state index in [-0.39, 0.29) is 32.0 Å². The van der Waals surface area contributed by atoms with E-state index in [4.69, 9.17) is 9.47 Å². The lowest BCUT2D eigenvalue weighted by Crippen LogP contribution is -2.31. The van der Waals surface area contributed by atoms with Crippen molar-refractivity contribution < 1.29 is 28.6 Å². The fourth-order valence-electron chi connectivity index (χ4n) is 4.20. The predicted octanol–water partition coefficient (Wildman–Crippen LogP) is 2.69. The van der Waals surface area contributed by atoms with Crippen LogP contribution in [0.3, 0.4) is 0 Å². The number of ether oxygens (including phenoxy) is 2. The summed E-state index contributed by atoms with van der Waals surface area (Å²) in [5.74, 6) is 0.117. The molecule has 2 atom stereocenters. The Morgan fingerprint density at radius 1 is 1.36 bits per heavy atom. The third kappa shape index (κ3) is 5.06. The normalized spacial score (nSPS) is 18.1. The average Bonchev–Trinajstić information content (AvgIpc) is 3.24. The van der Waals surface area contributed by atoms with Crippen LogP contribution < -0.4 is 20.3 Å². The highest BCUT2D eigenvalue weighted by molar-refractivity contribution is 8.00. The number of methoxy groups -OCH3 is 1. The van der Waals surface area contributed by atoms with Crippen molar-refractivity contribution >= 4 is 46.2 Å². The maximum atomic E-state index is 14.4. The van der Waals surface area contributed by atoms with Gasteiger partial charge in [0.25, 0.3) is 0 Å². The second-order valence-electron chi connectivity index (χ2n) is 8.46. The van der Waals surface area contributed by atoms with Crippen LogP contribution in [-0.4, -0.2) is 65.2 Å². The molecule has 0 radical (unpaired) electrons. The molecule has 2 amide bonds. The van der Waals surface area contributed by atoms with Crippen molar-refractivity contribution in [2.24, 2.45) is 0 Å². The van der Waals surface area contributed by atoms with Gasteiger partial charge in [-0.1, -0.05) is 0 Å². The lowest BCUT2D eigenvalue weighted by Gasteiger charge is -2.20. The summed E-state index contributed by atoms with van der Waals surface area (Å²) in [4.78, 5) is 34.9. The Balaban J connectivity index is 1.17. The van der Waals surface area contributed by atoms with Gasteiger partial charge in [0, 0.05) is 41.7 Å². The van der Waals surface area contributed by atoms with Crippen molar-refractivity contribution in [3.8, 4) is 5.88 Å². The van der Waals surface area contributed by atoms with Crippen molar-refractivity contribution in [1.82, 2.24) is 15.3 Å². The number of aromatic nitrogens is 2. The minimum atomic E-state index is -0.833. The molecule has 1 fully saturated rings. The van der Waals surface area contributed by atoms with Crippen LogP contribution in [0.15, 0.2) is 41.4 Å². The Hall–Kier alpha value is -3.48. The number of aliphatic hydroxyl groups excluding tert-OH is 1. The summed E-state index contributed by atoms with van der Waals surface area (Å²) < 4.78 is 25.0. The molecule has 2 aliphatic rings. The smallest absolute Gasteiger partial charge is 0.414 e. The van der Waals surface area contributed by atoms with Crippen molar-refractivity contribution in [2.45, 2.75) is 30.1 Å². The number of carbonyl (C=O) groups excluding carboxylic acids is 2.